The van der Waals surface area contributed by atoms with Gasteiger partial charge >= 0.3 is 5.69 Å². The summed E-state index contributed by atoms with van der Waals surface area (Å²) >= 11 is 11.7. The van der Waals surface area contributed by atoms with Gasteiger partial charge in [0.25, 0.3) is 0 Å². The van der Waals surface area contributed by atoms with E-state index in [0.717, 1.165) is 6.33 Å². The van der Waals surface area contributed by atoms with Crippen molar-refractivity contribution in [2.24, 2.45) is 0 Å². The molecule has 1 aromatic carbocycles. The predicted octanol–water partition coefficient (Wildman–Crippen LogP) is 3.02. The van der Waals surface area contributed by atoms with Crippen molar-refractivity contribution < 1.29 is 4.92 Å². The normalized spacial score (nSPS) is 10.2. The molecule has 1 heterocycles. The average Bonchev–Trinajstić information content (AvgIpc) is 2.32. The van der Waals surface area contributed by atoms with E-state index in [9.17, 15) is 10.1 Å². The molecule has 2 aromatic rings. The number of halogens is 2. The molecule has 19 heavy (non-hydrogen) atoms. The molecule has 98 valence electrons. The number of rotatable bonds is 3. The van der Waals surface area contributed by atoms with Crippen molar-refractivity contribution in [3.63, 3.8) is 0 Å². The quantitative estimate of drug-likeness (QED) is 0.666. The maximum absolute atomic E-state index is 10.9. The van der Waals surface area contributed by atoms with Gasteiger partial charge in [-0.05, 0) is 18.2 Å². The Morgan fingerprint density at radius 2 is 2.05 bits per heavy atom. The lowest BCUT2D eigenvalue weighted by molar-refractivity contribution is -0.383. The van der Waals surface area contributed by atoms with Crippen LogP contribution in [0, 0.1) is 10.1 Å². The van der Waals surface area contributed by atoms with E-state index in [4.69, 9.17) is 28.9 Å². The number of hydrogen-bond acceptors (Lipinski definition) is 6. The van der Waals surface area contributed by atoms with E-state index in [1.807, 2.05) is 0 Å². The van der Waals surface area contributed by atoms with E-state index in [-0.39, 0.29) is 11.6 Å². The minimum atomic E-state index is -0.665. The molecule has 1 aromatic heterocycles. The Labute approximate surface area is 117 Å². The summed E-state index contributed by atoms with van der Waals surface area (Å²) in [6, 6.07) is 4.67. The molecule has 0 saturated heterocycles. The standard InChI is InChI=1S/C10H7Cl2N5O2/c11-5-1-2-7(6(12)3-5)16-10-8(17(18)19)9(13)14-4-15-10/h1-4H,(H3,13,14,15,16). The van der Waals surface area contributed by atoms with Gasteiger partial charge in [-0.3, -0.25) is 10.1 Å². The zero-order chi connectivity index (χ0) is 14.0. The Hall–Kier alpha value is -2.12. The van der Waals surface area contributed by atoms with Crippen LogP contribution < -0.4 is 11.1 Å². The molecule has 0 aliphatic rings. The van der Waals surface area contributed by atoms with Crippen LogP contribution in [0.2, 0.25) is 10.0 Å². The molecule has 2 rings (SSSR count). The first kappa shape index (κ1) is 13.3. The molecule has 9 heteroatoms. The first-order valence-electron chi connectivity index (χ1n) is 4.96. The number of nitrogens with two attached hydrogens (primary N) is 1. The van der Waals surface area contributed by atoms with Crippen molar-refractivity contribution in [3.05, 3.63) is 44.7 Å². The van der Waals surface area contributed by atoms with Crippen LogP contribution in [0.25, 0.3) is 0 Å². The van der Waals surface area contributed by atoms with Gasteiger partial charge in [-0.2, -0.15) is 0 Å². The summed E-state index contributed by atoms with van der Waals surface area (Å²) in [6.07, 6.45) is 1.12. The summed E-state index contributed by atoms with van der Waals surface area (Å²) in [5.74, 6) is -0.269. The van der Waals surface area contributed by atoms with Crippen LogP contribution in [0.4, 0.5) is 23.0 Å². The van der Waals surface area contributed by atoms with Crippen LogP contribution in [-0.4, -0.2) is 14.9 Å². The number of nitrogens with one attached hydrogen (secondary N) is 1. The summed E-state index contributed by atoms with van der Waals surface area (Å²) in [6.45, 7) is 0. The first-order valence-corrected chi connectivity index (χ1v) is 5.71. The Balaban J connectivity index is 2.44. The molecule has 0 aliphatic carbocycles. The van der Waals surface area contributed by atoms with Gasteiger partial charge in [-0.25, -0.2) is 9.97 Å². The van der Waals surface area contributed by atoms with Crippen LogP contribution in [0.1, 0.15) is 0 Å². The van der Waals surface area contributed by atoms with Gasteiger partial charge in [0, 0.05) is 5.02 Å². The fraction of sp³-hybridized carbons (Fsp3) is 0. The number of hydrogen-bond donors (Lipinski definition) is 2. The third kappa shape index (κ3) is 2.83. The van der Waals surface area contributed by atoms with Gasteiger partial charge in [0.2, 0.25) is 11.6 Å². The third-order valence-corrected chi connectivity index (χ3v) is 2.77. The highest BCUT2D eigenvalue weighted by molar-refractivity contribution is 6.36. The maximum Gasteiger partial charge on any atom is 0.353 e. The molecule has 0 aliphatic heterocycles. The molecule has 0 unspecified atom stereocenters. The first-order chi connectivity index (χ1) is 8.99. The van der Waals surface area contributed by atoms with Crippen molar-refractivity contribution >= 4 is 46.2 Å². The third-order valence-electron chi connectivity index (χ3n) is 2.22. The van der Waals surface area contributed by atoms with Crippen molar-refractivity contribution in [1.29, 1.82) is 0 Å². The molecular formula is C10H7Cl2N5O2. The number of aromatic nitrogens is 2. The highest BCUT2D eigenvalue weighted by Gasteiger charge is 2.21. The molecular weight excluding hydrogens is 293 g/mol. The van der Waals surface area contributed by atoms with Crippen LogP contribution in [0.15, 0.2) is 24.5 Å². The second-order valence-corrected chi connectivity index (χ2v) is 4.31. The largest absolute Gasteiger partial charge is 0.378 e. The van der Waals surface area contributed by atoms with Crippen LogP contribution in [0.5, 0.6) is 0 Å². The van der Waals surface area contributed by atoms with E-state index in [0.29, 0.717) is 15.7 Å². The molecule has 0 saturated carbocycles. The monoisotopic (exact) mass is 299 g/mol. The van der Waals surface area contributed by atoms with E-state index >= 15 is 0 Å². The van der Waals surface area contributed by atoms with Crippen molar-refractivity contribution in [2.75, 3.05) is 11.1 Å². The molecule has 0 atom stereocenters. The van der Waals surface area contributed by atoms with Crippen LogP contribution in [0.3, 0.4) is 0 Å². The van der Waals surface area contributed by atoms with Gasteiger partial charge in [0.15, 0.2) is 0 Å². The number of nitro groups is 1. The fourth-order valence-electron chi connectivity index (χ4n) is 1.38. The van der Waals surface area contributed by atoms with Crippen LogP contribution >= 0.6 is 23.2 Å². The maximum atomic E-state index is 10.9. The van der Waals surface area contributed by atoms with E-state index in [1.165, 1.54) is 6.07 Å². The molecule has 7 nitrogen and oxygen atoms in total. The minimum absolute atomic E-state index is 0.0401. The molecule has 0 radical (unpaired) electrons. The molecule has 3 N–H and O–H groups in total. The molecule has 0 bridgehead atoms. The summed E-state index contributed by atoms with van der Waals surface area (Å²) < 4.78 is 0. The number of anilines is 3. The second-order valence-electron chi connectivity index (χ2n) is 3.46. The van der Waals surface area contributed by atoms with Crippen molar-refractivity contribution in [3.8, 4) is 0 Å². The molecule has 0 fully saturated rings. The highest BCUT2D eigenvalue weighted by atomic mass is 35.5. The van der Waals surface area contributed by atoms with Gasteiger partial charge in [-0.15, -0.1) is 0 Å². The topological polar surface area (TPSA) is 107 Å². The smallest absolute Gasteiger partial charge is 0.353 e. The Morgan fingerprint density at radius 1 is 1.32 bits per heavy atom. The number of nitrogen functional groups attached to an aromatic ring is 1. The van der Waals surface area contributed by atoms with Gasteiger partial charge in [0.05, 0.1) is 15.6 Å². The lowest BCUT2D eigenvalue weighted by Gasteiger charge is -2.08. The minimum Gasteiger partial charge on any atom is -0.378 e. The zero-order valence-electron chi connectivity index (χ0n) is 9.30. The molecule has 0 spiro atoms. The van der Waals surface area contributed by atoms with Crippen molar-refractivity contribution in [2.45, 2.75) is 0 Å². The molecule has 0 amide bonds. The van der Waals surface area contributed by atoms with Gasteiger partial charge in [-0.1, -0.05) is 23.2 Å². The van der Waals surface area contributed by atoms with Crippen LogP contribution in [-0.2, 0) is 0 Å². The van der Waals surface area contributed by atoms with Crippen molar-refractivity contribution in [1.82, 2.24) is 9.97 Å². The van der Waals surface area contributed by atoms with E-state index in [1.54, 1.807) is 12.1 Å². The summed E-state index contributed by atoms with van der Waals surface area (Å²) in [5.41, 5.74) is 5.47. The van der Waals surface area contributed by atoms with E-state index < -0.39 is 10.6 Å². The SMILES string of the molecule is Nc1ncnc(Nc2ccc(Cl)cc2Cl)c1[N+](=O)[O-]. The lowest BCUT2D eigenvalue weighted by atomic mass is 10.3. The Kier molecular flexibility index (Phi) is 3.68. The van der Waals surface area contributed by atoms with Gasteiger partial charge < -0.3 is 11.1 Å². The van der Waals surface area contributed by atoms with Gasteiger partial charge in [0.1, 0.15) is 6.33 Å². The second kappa shape index (κ2) is 5.25. The Bertz CT molecular complexity index is 650. The summed E-state index contributed by atoms with van der Waals surface area (Å²) in [5, 5.41) is 14.4. The summed E-state index contributed by atoms with van der Waals surface area (Å²) in [4.78, 5) is 17.6. The summed E-state index contributed by atoms with van der Waals surface area (Å²) in [7, 11) is 0. The number of nitrogens with zero attached hydrogens (tertiary/aromatic N) is 3. The predicted molar refractivity (Wildman–Crippen MR) is 72.8 cm³/mol. The average molecular weight is 300 g/mol. The fourth-order valence-corrected chi connectivity index (χ4v) is 1.84. The Morgan fingerprint density at radius 3 is 2.68 bits per heavy atom. The van der Waals surface area contributed by atoms with E-state index in [2.05, 4.69) is 15.3 Å². The lowest BCUT2D eigenvalue weighted by Crippen LogP contribution is -2.05. The zero-order valence-corrected chi connectivity index (χ0v) is 10.8. The highest BCUT2D eigenvalue weighted by Crippen LogP contribution is 2.32. The number of benzene rings is 1.